The van der Waals surface area contributed by atoms with E-state index in [1.54, 1.807) is 36.3 Å². The molecule has 9 heteroatoms. The van der Waals surface area contributed by atoms with E-state index in [-0.39, 0.29) is 0 Å². The Hall–Kier alpha value is -1.71. The van der Waals surface area contributed by atoms with Crippen LogP contribution in [0.15, 0.2) is 39.0 Å². The van der Waals surface area contributed by atoms with Crippen LogP contribution in [0.25, 0.3) is 11.0 Å². The van der Waals surface area contributed by atoms with E-state index in [1.165, 1.54) is 15.6 Å². The monoisotopic (exact) mass is 394 g/mol. The first-order valence-electron chi connectivity index (χ1n) is 7.94. The van der Waals surface area contributed by atoms with E-state index in [9.17, 15) is 8.42 Å². The van der Waals surface area contributed by atoms with Crippen LogP contribution in [0.1, 0.15) is 12.6 Å². The third-order valence-corrected chi connectivity index (χ3v) is 8.40. The van der Waals surface area contributed by atoms with Crippen LogP contribution in [0.5, 0.6) is 0 Å². The van der Waals surface area contributed by atoms with Crippen LogP contribution in [-0.4, -0.2) is 42.4 Å². The second kappa shape index (κ2) is 6.22. The lowest BCUT2D eigenvalue weighted by Crippen LogP contribution is -2.25. The zero-order valence-corrected chi connectivity index (χ0v) is 16.3. The standard InChI is InChI=1S/C16H18N4O2S3/c1-3-20-10-13(19(2)25(21,22)14-5-4-7-23-14)15-12(20)9-11(18-15)16-17-6-8-24-16/h4-5,7,9-10,18H,3,6,8H2,1-2H3. The lowest BCUT2D eigenvalue weighted by Gasteiger charge is -2.17. The summed E-state index contributed by atoms with van der Waals surface area (Å²) in [6, 6.07) is 5.44. The number of thioether (sulfide) groups is 1. The summed E-state index contributed by atoms with van der Waals surface area (Å²) in [4.78, 5) is 7.89. The van der Waals surface area contributed by atoms with Gasteiger partial charge in [-0.1, -0.05) is 6.07 Å². The SMILES string of the molecule is CCn1cc(N(C)S(=O)(=O)c2cccs2)c2[nH]c(C3=NCCS3)cc21. The number of hydrogen-bond donors (Lipinski definition) is 1. The van der Waals surface area contributed by atoms with Crippen LogP contribution in [0.4, 0.5) is 5.69 Å². The highest BCUT2D eigenvalue weighted by atomic mass is 32.2. The van der Waals surface area contributed by atoms with Gasteiger partial charge in [0.05, 0.1) is 22.4 Å². The number of nitrogens with zero attached hydrogens (tertiary/aromatic N) is 3. The number of thiophene rings is 1. The molecular formula is C16H18N4O2S3. The summed E-state index contributed by atoms with van der Waals surface area (Å²) in [6.07, 6.45) is 1.89. The van der Waals surface area contributed by atoms with Crippen molar-refractivity contribution in [3.8, 4) is 0 Å². The molecule has 6 nitrogen and oxygen atoms in total. The number of nitrogens with one attached hydrogen (secondary N) is 1. The first-order chi connectivity index (χ1) is 12.0. The minimum absolute atomic E-state index is 0.343. The van der Waals surface area contributed by atoms with Crippen LogP contribution in [0.2, 0.25) is 0 Å². The molecule has 132 valence electrons. The fourth-order valence-corrected chi connectivity index (χ4v) is 6.11. The number of rotatable bonds is 5. The van der Waals surface area contributed by atoms with E-state index in [0.29, 0.717) is 9.90 Å². The highest BCUT2D eigenvalue weighted by Gasteiger charge is 2.26. The molecule has 4 rings (SSSR count). The van der Waals surface area contributed by atoms with Gasteiger partial charge in [0.1, 0.15) is 9.25 Å². The molecule has 0 atom stereocenters. The van der Waals surface area contributed by atoms with Crippen molar-refractivity contribution < 1.29 is 8.42 Å². The topological polar surface area (TPSA) is 70.5 Å². The summed E-state index contributed by atoms with van der Waals surface area (Å²) in [7, 11) is -1.96. The van der Waals surface area contributed by atoms with Crippen LogP contribution in [0, 0.1) is 0 Å². The van der Waals surface area contributed by atoms with E-state index in [2.05, 4.69) is 20.6 Å². The van der Waals surface area contributed by atoms with Crippen molar-refractivity contribution in [2.24, 2.45) is 4.99 Å². The first kappa shape index (κ1) is 16.7. The average Bonchev–Trinajstić information content (AvgIpc) is 3.38. The highest BCUT2D eigenvalue weighted by molar-refractivity contribution is 8.14. The van der Waals surface area contributed by atoms with Gasteiger partial charge in [-0.15, -0.1) is 23.1 Å². The minimum atomic E-state index is -3.56. The summed E-state index contributed by atoms with van der Waals surface area (Å²) < 4.78 is 29.5. The molecule has 3 aromatic heterocycles. The second-order valence-corrected chi connectivity index (χ2v) is 9.91. The predicted octanol–water partition coefficient (Wildman–Crippen LogP) is 3.37. The molecule has 0 saturated heterocycles. The van der Waals surface area contributed by atoms with Gasteiger partial charge in [0, 0.05) is 32.1 Å². The number of aromatic nitrogens is 2. The zero-order chi connectivity index (χ0) is 17.6. The Balaban J connectivity index is 1.84. The Kier molecular flexibility index (Phi) is 4.17. The van der Waals surface area contributed by atoms with Crippen molar-refractivity contribution in [2.75, 3.05) is 23.7 Å². The maximum absolute atomic E-state index is 12.9. The number of H-pyrrole nitrogens is 1. The lowest BCUT2D eigenvalue weighted by molar-refractivity contribution is 0.596. The fourth-order valence-electron chi connectivity index (χ4n) is 2.94. The van der Waals surface area contributed by atoms with Crippen LogP contribution < -0.4 is 4.31 Å². The molecule has 4 heterocycles. The van der Waals surface area contributed by atoms with E-state index in [1.807, 2.05) is 13.1 Å². The summed E-state index contributed by atoms with van der Waals surface area (Å²) >= 11 is 2.95. The van der Waals surface area contributed by atoms with Crippen LogP contribution in [0.3, 0.4) is 0 Å². The highest BCUT2D eigenvalue weighted by Crippen LogP contribution is 2.34. The maximum atomic E-state index is 12.9. The van der Waals surface area contributed by atoms with Gasteiger partial charge < -0.3 is 9.55 Å². The molecule has 0 aliphatic carbocycles. The maximum Gasteiger partial charge on any atom is 0.273 e. The minimum Gasteiger partial charge on any atom is -0.350 e. The number of fused-ring (bicyclic) bond motifs is 1. The van der Waals surface area contributed by atoms with Gasteiger partial charge in [0.2, 0.25) is 0 Å². The van der Waals surface area contributed by atoms with Crippen molar-refractivity contribution in [3.63, 3.8) is 0 Å². The predicted molar refractivity (Wildman–Crippen MR) is 106 cm³/mol. The molecule has 25 heavy (non-hydrogen) atoms. The molecule has 1 N–H and O–H groups in total. The summed E-state index contributed by atoms with van der Waals surface area (Å²) in [6.45, 7) is 3.64. The Bertz CT molecular complexity index is 1040. The van der Waals surface area contributed by atoms with Crippen LogP contribution in [-0.2, 0) is 16.6 Å². The van der Waals surface area contributed by atoms with Crippen molar-refractivity contribution in [2.45, 2.75) is 17.7 Å². The molecule has 0 bridgehead atoms. The Morgan fingerprint density at radius 3 is 2.92 bits per heavy atom. The number of anilines is 1. The Labute approximate surface area is 154 Å². The van der Waals surface area contributed by atoms with E-state index >= 15 is 0 Å². The third-order valence-electron chi connectivity index (χ3n) is 4.25. The summed E-state index contributed by atoms with van der Waals surface area (Å²) in [5, 5.41) is 2.77. The smallest absolute Gasteiger partial charge is 0.273 e. The molecule has 0 radical (unpaired) electrons. The number of aliphatic imine (C=N–C) groups is 1. The molecule has 0 spiro atoms. The molecule has 0 aromatic carbocycles. The summed E-state index contributed by atoms with van der Waals surface area (Å²) in [5.41, 5.74) is 3.43. The molecule has 3 aromatic rings. The van der Waals surface area contributed by atoms with Crippen LogP contribution >= 0.6 is 23.1 Å². The van der Waals surface area contributed by atoms with Gasteiger partial charge in [-0.25, -0.2) is 8.42 Å². The van der Waals surface area contributed by atoms with Gasteiger partial charge in [-0.2, -0.15) is 0 Å². The van der Waals surface area contributed by atoms with Crippen molar-refractivity contribution in [1.29, 1.82) is 0 Å². The van der Waals surface area contributed by atoms with Gasteiger partial charge in [-0.3, -0.25) is 9.30 Å². The van der Waals surface area contributed by atoms with Crippen molar-refractivity contribution in [1.82, 2.24) is 9.55 Å². The van der Waals surface area contributed by atoms with Gasteiger partial charge in [-0.05, 0) is 24.4 Å². The number of hydrogen-bond acceptors (Lipinski definition) is 5. The van der Waals surface area contributed by atoms with Gasteiger partial charge in [0.15, 0.2) is 0 Å². The Morgan fingerprint density at radius 1 is 1.44 bits per heavy atom. The quantitative estimate of drug-likeness (QED) is 0.721. The molecule has 0 saturated carbocycles. The first-order valence-corrected chi connectivity index (χ1v) is 11.2. The molecule has 0 amide bonds. The Morgan fingerprint density at radius 2 is 2.28 bits per heavy atom. The second-order valence-electron chi connectivity index (χ2n) is 5.68. The van der Waals surface area contributed by atoms with Crippen molar-refractivity contribution in [3.05, 3.63) is 35.5 Å². The van der Waals surface area contributed by atoms with E-state index < -0.39 is 10.0 Å². The molecule has 1 aliphatic heterocycles. The van der Waals surface area contributed by atoms with E-state index in [0.717, 1.165) is 40.6 Å². The average molecular weight is 395 g/mol. The zero-order valence-electron chi connectivity index (χ0n) is 13.9. The van der Waals surface area contributed by atoms with Gasteiger partial charge >= 0.3 is 0 Å². The number of aromatic amines is 1. The fraction of sp³-hybridized carbons (Fsp3) is 0.312. The van der Waals surface area contributed by atoms with E-state index in [4.69, 9.17) is 0 Å². The normalized spacial score (nSPS) is 15.0. The lowest BCUT2D eigenvalue weighted by atomic mass is 10.4. The molecule has 0 unspecified atom stereocenters. The molecular weight excluding hydrogens is 376 g/mol. The number of aryl methyl sites for hydroxylation is 1. The molecule has 1 aliphatic rings. The largest absolute Gasteiger partial charge is 0.350 e. The summed E-state index contributed by atoms with van der Waals surface area (Å²) in [5.74, 6) is 0.992. The number of sulfonamides is 1. The molecule has 0 fully saturated rings. The third kappa shape index (κ3) is 2.70. The van der Waals surface area contributed by atoms with Crippen molar-refractivity contribution >= 4 is 54.9 Å². The van der Waals surface area contributed by atoms with Gasteiger partial charge in [0.25, 0.3) is 10.0 Å².